The molecule has 0 saturated carbocycles. The lowest BCUT2D eigenvalue weighted by molar-refractivity contribution is -0.137. The smallest absolute Gasteiger partial charge is 0.304 e. The molecule has 0 bridgehead atoms. The minimum absolute atomic E-state index is 0.0295. The van der Waals surface area contributed by atoms with Gasteiger partial charge in [0, 0.05) is 26.2 Å². The number of nitrogens with zero attached hydrogens (tertiary/aromatic N) is 1. The van der Waals surface area contributed by atoms with Gasteiger partial charge in [-0.05, 0) is 0 Å². The highest BCUT2D eigenvalue weighted by atomic mass is 16.4. The molecule has 5 nitrogen and oxygen atoms in total. The maximum atomic E-state index is 10.3. The van der Waals surface area contributed by atoms with Crippen LogP contribution in [0.2, 0.25) is 0 Å². The van der Waals surface area contributed by atoms with Gasteiger partial charge < -0.3 is 16.2 Å². The van der Waals surface area contributed by atoms with Crippen LogP contribution in [-0.2, 0) is 4.79 Å². The van der Waals surface area contributed by atoms with Crippen molar-refractivity contribution in [2.45, 2.75) is 12.6 Å². The highest BCUT2D eigenvalue weighted by Crippen LogP contribution is 1.98. The molecule has 70 valence electrons. The number of piperazine rings is 1. The summed E-state index contributed by atoms with van der Waals surface area (Å²) in [5, 5.41) is 11.6. The van der Waals surface area contributed by atoms with Crippen molar-refractivity contribution < 1.29 is 9.90 Å². The summed E-state index contributed by atoms with van der Waals surface area (Å²) in [5.74, 6) is -0.763. The third kappa shape index (κ3) is 2.77. The lowest BCUT2D eigenvalue weighted by Crippen LogP contribution is -2.56. The van der Waals surface area contributed by atoms with Crippen molar-refractivity contribution in [2.75, 3.05) is 26.2 Å². The predicted octanol–water partition coefficient (Wildman–Crippen LogP) is -1.35. The Hall–Kier alpha value is -0.650. The van der Waals surface area contributed by atoms with Gasteiger partial charge in [-0.15, -0.1) is 0 Å². The van der Waals surface area contributed by atoms with Crippen molar-refractivity contribution in [3.05, 3.63) is 0 Å². The van der Waals surface area contributed by atoms with Crippen molar-refractivity contribution in [2.24, 2.45) is 5.73 Å². The Bertz CT molecular complexity index is 163. The first-order valence-electron chi connectivity index (χ1n) is 4.12. The summed E-state index contributed by atoms with van der Waals surface area (Å²) in [5.41, 5.74) is 5.74. The van der Waals surface area contributed by atoms with Crippen molar-refractivity contribution in [3.8, 4) is 0 Å². The van der Waals surface area contributed by atoms with Crippen LogP contribution in [0.1, 0.15) is 6.42 Å². The second-order valence-electron chi connectivity index (χ2n) is 2.95. The van der Waals surface area contributed by atoms with E-state index in [1.54, 1.807) is 0 Å². The second kappa shape index (κ2) is 4.39. The number of hydrogen-bond acceptors (Lipinski definition) is 4. The molecule has 0 radical (unpaired) electrons. The van der Waals surface area contributed by atoms with Gasteiger partial charge in [-0.3, -0.25) is 9.69 Å². The van der Waals surface area contributed by atoms with Crippen molar-refractivity contribution in [1.82, 2.24) is 10.2 Å². The molecule has 0 aromatic heterocycles. The number of nitrogens with one attached hydrogen (secondary N) is 1. The van der Waals surface area contributed by atoms with Crippen molar-refractivity contribution >= 4 is 5.97 Å². The number of rotatable bonds is 3. The fraction of sp³-hybridized carbons (Fsp3) is 0.857. The zero-order valence-electron chi connectivity index (χ0n) is 6.99. The third-order valence-corrected chi connectivity index (χ3v) is 2.01. The van der Waals surface area contributed by atoms with Gasteiger partial charge in [0.25, 0.3) is 0 Å². The molecule has 1 unspecified atom stereocenters. The maximum Gasteiger partial charge on any atom is 0.304 e. The first-order valence-corrected chi connectivity index (χ1v) is 4.12. The highest BCUT2D eigenvalue weighted by Gasteiger charge is 2.18. The number of aliphatic carboxylic acids is 1. The summed E-state index contributed by atoms with van der Waals surface area (Å²) in [6.07, 6.45) is 0.145. The van der Waals surface area contributed by atoms with Crippen LogP contribution < -0.4 is 11.1 Å². The van der Waals surface area contributed by atoms with Crippen LogP contribution in [0.5, 0.6) is 0 Å². The van der Waals surface area contributed by atoms with E-state index in [0.29, 0.717) is 6.54 Å². The fourth-order valence-electron chi connectivity index (χ4n) is 1.28. The van der Waals surface area contributed by atoms with Gasteiger partial charge in [0.05, 0.1) is 12.6 Å². The molecule has 1 rings (SSSR count). The summed E-state index contributed by atoms with van der Waals surface area (Å²) in [6, 6.07) is 0. The van der Waals surface area contributed by atoms with Gasteiger partial charge in [-0.25, -0.2) is 0 Å². The number of carbonyl (C=O) groups is 1. The number of hydrogen-bond donors (Lipinski definition) is 3. The molecule has 1 atom stereocenters. The second-order valence-corrected chi connectivity index (χ2v) is 2.95. The number of carboxylic acid groups (broad SMARTS) is 1. The Kier molecular flexibility index (Phi) is 3.46. The quantitative estimate of drug-likeness (QED) is 0.492. The van der Waals surface area contributed by atoms with Crippen LogP contribution in [0.15, 0.2) is 0 Å². The van der Waals surface area contributed by atoms with E-state index in [-0.39, 0.29) is 12.6 Å². The predicted molar refractivity (Wildman–Crippen MR) is 44.7 cm³/mol. The zero-order chi connectivity index (χ0) is 8.97. The minimum atomic E-state index is -0.763. The van der Waals surface area contributed by atoms with E-state index in [2.05, 4.69) is 5.32 Å². The average Bonchev–Trinajstić information content (AvgIpc) is 2.03. The van der Waals surface area contributed by atoms with Crippen molar-refractivity contribution in [3.63, 3.8) is 0 Å². The van der Waals surface area contributed by atoms with E-state index in [0.717, 1.165) is 19.6 Å². The van der Waals surface area contributed by atoms with Gasteiger partial charge in [-0.1, -0.05) is 0 Å². The van der Waals surface area contributed by atoms with Crippen LogP contribution in [0, 0.1) is 0 Å². The third-order valence-electron chi connectivity index (χ3n) is 2.01. The molecule has 5 heteroatoms. The van der Waals surface area contributed by atoms with Gasteiger partial charge in [0.1, 0.15) is 0 Å². The summed E-state index contributed by atoms with van der Waals surface area (Å²) in [7, 11) is 0. The van der Waals surface area contributed by atoms with Gasteiger partial charge in [-0.2, -0.15) is 0 Å². The Balaban J connectivity index is 2.24. The Labute approximate surface area is 71.5 Å². The number of carboxylic acids is 1. The Morgan fingerprint density at radius 2 is 2.50 bits per heavy atom. The largest absolute Gasteiger partial charge is 0.481 e. The van der Waals surface area contributed by atoms with Crippen LogP contribution in [0.4, 0.5) is 0 Å². The molecular weight excluding hydrogens is 158 g/mol. The molecule has 1 aliphatic heterocycles. The van der Waals surface area contributed by atoms with E-state index in [4.69, 9.17) is 10.8 Å². The molecule has 1 fully saturated rings. The van der Waals surface area contributed by atoms with Gasteiger partial charge in [0.15, 0.2) is 0 Å². The number of nitrogens with two attached hydrogens (primary N) is 1. The molecule has 1 aliphatic rings. The summed E-state index contributed by atoms with van der Waals surface area (Å²) >= 11 is 0. The maximum absolute atomic E-state index is 10.3. The van der Waals surface area contributed by atoms with Gasteiger partial charge >= 0.3 is 5.97 Å². The molecule has 0 spiro atoms. The molecular formula is C7H15N3O2. The fourth-order valence-corrected chi connectivity index (χ4v) is 1.28. The lowest BCUT2D eigenvalue weighted by atomic mass is 10.3. The molecule has 1 heterocycles. The monoisotopic (exact) mass is 173 g/mol. The molecule has 0 aliphatic carbocycles. The van der Waals surface area contributed by atoms with Crippen LogP contribution in [0.25, 0.3) is 0 Å². The highest BCUT2D eigenvalue weighted by molar-refractivity contribution is 5.66. The normalized spacial score (nSPS) is 25.6. The van der Waals surface area contributed by atoms with Crippen LogP contribution in [0.3, 0.4) is 0 Å². The summed E-state index contributed by atoms with van der Waals surface area (Å²) in [4.78, 5) is 12.3. The first kappa shape index (κ1) is 9.44. The van der Waals surface area contributed by atoms with Crippen molar-refractivity contribution in [1.29, 1.82) is 0 Å². The van der Waals surface area contributed by atoms with Crippen LogP contribution in [-0.4, -0.2) is 48.3 Å². The molecule has 0 amide bonds. The molecule has 0 aromatic carbocycles. The van der Waals surface area contributed by atoms with E-state index in [1.165, 1.54) is 0 Å². The van der Waals surface area contributed by atoms with E-state index in [9.17, 15) is 4.79 Å². The Morgan fingerprint density at radius 1 is 1.75 bits per heavy atom. The minimum Gasteiger partial charge on any atom is -0.481 e. The molecule has 1 saturated heterocycles. The molecule has 0 aromatic rings. The summed E-state index contributed by atoms with van der Waals surface area (Å²) < 4.78 is 0. The molecule has 12 heavy (non-hydrogen) atoms. The molecule has 4 N–H and O–H groups in total. The SMILES string of the molecule is NC1CNCCN1CCC(=O)O. The van der Waals surface area contributed by atoms with Gasteiger partial charge in [0.2, 0.25) is 0 Å². The Morgan fingerprint density at radius 3 is 3.08 bits per heavy atom. The first-order chi connectivity index (χ1) is 5.70. The standard InChI is InChI=1S/C7H15N3O2/c8-6-5-9-2-4-10(6)3-1-7(11)12/h6,9H,1-5,8H2,(H,11,12). The lowest BCUT2D eigenvalue weighted by Gasteiger charge is -2.32. The average molecular weight is 173 g/mol. The summed E-state index contributed by atoms with van der Waals surface area (Å²) in [6.45, 7) is 3.04. The van der Waals surface area contributed by atoms with E-state index >= 15 is 0 Å². The van der Waals surface area contributed by atoms with E-state index in [1.807, 2.05) is 4.90 Å². The van der Waals surface area contributed by atoms with E-state index < -0.39 is 5.97 Å². The van der Waals surface area contributed by atoms with Crippen LogP contribution >= 0.6 is 0 Å². The zero-order valence-corrected chi connectivity index (χ0v) is 6.99. The topological polar surface area (TPSA) is 78.6 Å².